The van der Waals surface area contributed by atoms with E-state index in [9.17, 15) is 9.59 Å². The van der Waals surface area contributed by atoms with Gasteiger partial charge in [0.1, 0.15) is 0 Å². The van der Waals surface area contributed by atoms with Crippen LogP contribution in [0.1, 0.15) is 26.7 Å². The Bertz CT molecular complexity index is 567. The summed E-state index contributed by atoms with van der Waals surface area (Å²) >= 11 is 3.42. The molecule has 7 heteroatoms. The number of likely N-dealkylation sites (tertiary alicyclic amines) is 1. The molecule has 2 amide bonds. The summed E-state index contributed by atoms with van der Waals surface area (Å²) in [7, 11) is 0. The number of hydrogen-bond acceptors (Lipinski definition) is 3. The second-order valence-electron chi connectivity index (χ2n) is 6.26. The average molecular weight is 405 g/mol. The van der Waals surface area contributed by atoms with Gasteiger partial charge in [0.15, 0.2) is 0 Å². The number of hydrogen-bond donors (Lipinski definition) is 2. The Morgan fingerprint density at radius 2 is 1.83 bits per heavy atom. The minimum atomic E-state index is -0.857. The maximum absolute atomic E-state index is 12.3. The summed E-state index contributed by atoms with van der Waals surface area (Å²) < 4.78 is 0.862. The largest absolute Gasteiger partial charge is 0.341 e. The number of carbonyl (C=O) groups excluding carboxylic acids is 2. The minimum Gasteiger partial charge on any atom is -0.341 e. The van der Waals surface area contributed by atoms with Crippen LogP contribution < -0.4 is 11.1 Å². The van der Waals surface area contributed by atoms with Crippen molar-refractivity contribution in [2.45, 2.75) is 32.2 Å². The molecule has 1 aliphatic heterocycles. The van der Waals surface area contributed by atoms with Crippen LogP contribution in [0.4, 0.5) is 5.69 Å². The Morgan fingerprint density at radius 3 is 2.35 bits per heavy atom. The highest BCUT2D eigenvalue weighted by molar-refractivity contribution is 9.10. The number of piperidine rings is 1. The van der Waals surface area contributed by atoms with Gasteiger partial charge in [-0.3, -0.25) is 9.59 Å². The molecule has 0 bridgehead atoms. The lowest BCUT2D eigenvalue weighted by atomic mass is 9.94. The fraction of sp³-hybridized carbons (Fsp3) is 0.500. The van der Waals surface area contributed by atoms with E-state index in [0.717, 1.165) is 10.2 Å². The average Bonchev–Trinajstić information content (AvgIpc) is 2.48. The molecular weight excluding hydrogens is 382 g/mol. The maximum atomic E-state index is 12.3. The second kappa shape index (κ2) is 8.13. The predicted octanol–water partition coefficient (Wildman–Crippen LogP) is 2.79. The van der Waals surface area contributed by atoms with Gasteiger partial charge >= 0.3 is 0 Å². The van der Waals surface area contributed by atoms with Crippen molar-refractivity contribution in [1.82, 2.24) is 4.90 Å². The smallest absolute Gasteiger partial charge is 0.242 e. The fourth-order valence-corrected chi connectivity index (χ4v) is 2.93. The van der Waals surface area contributed by atoms with Gasteiger partial charge in [-0.25, -0.2) is 0 Å². The van der Waals surface area contributed by atoms with E-state index < -0.39 is 5.54 Å². The normalized spacial score (nSPS) is 15.7. The van der Waals surface area contributed by atoms with Crippen LogP contribution in [0.3, 0.4) is 0 Å². The molecular formula is C16H23BrClN3O2. The van der Waals surface area contributed by atoms with Crippen molar-refractivity contribution >= 4 is 45.8 Å². The van der Waals surface area contributed by atoms with Crippen LogP contribution in [0.5, 0.6) is 0 Å². The van der Waals surface area contributed by atoms with E-state index in [1.54, 1.807) is 18.7 Å². The Kier molecular flexibility index (Phi) is 7.04. The van der Waals surface area contributed by atoms with Crippen molar-refractivity contribution < 1.29 is 9.59 Å². The van der Waals surface area contributed by atoms with Gasteiger partial charge in [-0.2, -0.15) is 0 Å². The van der Waals surface area contributed by atoms with E-state index in [0.29, 0.717) is 25.9 Å². The molecule has 23 heavy (non-hydrogen) atoms. The summed E-state index contributed by atoms with van der Waals surface area (Å²) in [6.45, 7) is 4.57. The van der Waals surface area contributed by atoms with Crippen molar-refractivity contribution in [1.29, 1.82) is 0 Å². The van der Waals surface area contributed by atoms with Crippen molar-refractivity contribution in [3.05, 3.63) is 28.7 Å². The Labute approximate surface area is 151 Å². The van der Waals surface area contributed by atoms with Gasteiger partial charge in [0.2, 0.25) is 11.8 Å². The number of rotatable bonds is 3. The monoisotopic (exact) mass is 403 g/mol. The number of nitrogens with two attached hydrogens (primary N) is 1. The van der Waals surface area contributed by atoms with Gasteiger partial charge in [0.05, 0.1) is 11.2 Å². The van der Waals surface area contributed by atoms with E-state index in [-0.39, 0.29) is 30.1 Å². The molecule has 0 atom stereocenters. The lowest BCUT2D eigenvalue weighted by Gasteiger charge is -2.35. The topological polar surface area (TPSA) is 75.4 Å². The highest BCUT2D eigenvalue weighted by atomic mass is 79.9. The number of anilines is 1. The van der Waals surface area contributed by atoms with E-state index in [1.165, 1.54) is 0 Å². The van der Waals surface area contributed by atoms with Crippen molar-refractivity contribution in [3.8, 4) is 0 Å². The van der Waals surface area contributed by atoms with Gasteiger partial charge in [-0.15, -0.1) is 12.4 Å². The van der Waals surface area contributed by atoms with Gasteiger partial charge < -0.3 is 16.0 Å². The second-order valence-corrected chi connectivity index (χ2v) is 7.11. The van der Waals surface area contributed by atoms with E-state index in [4.69, 9.17) is 5.73 Å². The van der Waals surface area contributed by atoms with Crippen molar-refractivity contribution in [3.63, 3.8) is 0 Å². The lowest BCUT2D eigenvalue weighted by Crippen LogP contribution is -2.53. The van der Waals surface area contributed by atoms with E-state index in [2.05, 4.69) is 21.2 Å². The number of nitrogens with one attached hydrogen (secondary N) is 1. The van der Waals surface area contributed by atoms with Gasteiger partial charge in [-0.05, 0) is 54.8 Å². The SMILES string of the molecule is CC(C)(N)C(=O)N1CCC(C(=O)Nc2ccccc2Br)CC1.Cl. The summed E-state index contributed by atoms with van der Waals surface area (Å²) in [5, 5.41) is 2.94. The number of para-hydroxylation sites is 1. The van der Waals surface area contributed by atoms with Crippen LogP contribution in [0.2, 0.25) is 0 Å². The molecule has 1 heterocycles. The van der Waals surface area contributed by atoms with Crippen LogP contribution in [0.25, 0.3) is 0 Å². The third-order valence-corrected chi connectivity index (χ3v) is 4.53. The van der Waals surface area contributed by atoms with Gasteiger partial charge in [0.25, 0.3) is 0 Å². The highest BCUT2D eigenvalue weighted by Crippen LogP contribution is 2.25. The zero-order chi connectivity index (χ0) is 16.3. The summed E-state index contributed by atoms with van der Waals surface area (Å²) in [6, 6.07) is 7.53. The van der Waals surface area contributed by atoms with Crippen LogP contribution in [0, 0.1) is 5.92 Å². The summed E-state index contributed by atoms with van der Waals surface area (Å²) in [6.07, 6.45) is 1.33. The third kappa shape index (κ3) is 5.19. The first-order chi connectivity index (χ1) is 10.3. The number of carbonyl (C=O) groups is 2. The van der Waals surface area contributed by atoms with Crippen LogP contribution >= 0.6 is 28.3 Å². The Morgan fingerprint density at radius 1 is 1.26 bits per heavy atom. The van der Waals surface area contributed by atoms with Crippen molar-refractivity contribution in [2.75, 3.05) is 18.4 Å². The molecule has 128 valence electrons. The first-order valence-electron chi connectivity index (χ1n) is 7.42. The number of benzene rings is 1. The van der Waals surface area contributed by atoms with E-state index >= 15 is 0 Å². The molecule has 5 nitrogen and oxygen atoms in total. The summed E-state index contributed by atoms with van der Waals surface area (Å²) in [5.74, 6) is -0.125. The fourth-order valence-electron chi connectivity index (χ4n) is 2.55. The summed E-state index contributed by atoms with van der Waals surface area (Å²) in [5.41, 5.74) is 5.76. The van der Waals surface area contributed by atoms with Crippen LogP contribution in [-0.4, -0.2) is 35.3 Å². The maximum Gasteiger partial charge on any atom is 0.242 e. The highest BCUT2D eigenvalue weighted by Gasteiger charge is 2.32. The molecule has 1 fully saturated rings. The molecule has 1 aliphatic rings. The first-order valence-corrected chi connectivity index (χ1v) is 8.22. The van der Waals surface area contributed by atoms with Crippen molar-refractivity contribution in [2.24, 2.45) is 11.7 Å². The molecule has 1 aromatic rings. The molecule has 1 saturated heterocycles. The molecule has 1 aromatic carbocycles. The standard InChI is InChI=1S/C16H22BrN3O2.ClH/c1-16(2,18)15(22)20-9-7-11(8-10-20)14(21)19-13-6-4-3-5-12(13)17;/h3-6,11H,7-10,18H2,1-2H3,(H,19,21);1H. The number of halogens is 2. The quantitative estimate of drug-likeness (QED) is 0.813. The van der Waals surface area contributed by atoms with Gasteiger partial charge in [0, 0.05) is 23.5 Å². The molecule has 0 saturated carbocycles. The zero-order valence-corrected chi connectivity index (χ0v) is 15.7. The summed E-state index contributed by atoms with van der Waals surface area (Å²) in [4.78, 5) is 26.2. The number of amides is 2. The lowest BCUT2D eigenvalue weighted by molar-refractivity contribution is -0.138. The molecule has 3 N–H and O–H groups in total. The minimum absolute atomic E-state index is 0. The third-order valence-electron chi connectivity index (χ3n) is 3.84. The molecule has 0 aliphatic carbocycles. The van der Waals surface area contributed by atoms with Gasteiger partial charge in [-0.1, -0.05) is 12.1 Å². The predicted molar refractivity (Wildman–Crippen MR) is 97.6 cm³/mol. The van der Waals surface area contributed by atoms with E-state index in [1.807, 2.05) is 24.3 Å². The number of nitrogens with zero attached hydrogens (tertiary/aromatic N) is 1. The molecule has 0 radical (unpaired) electrons. The van der Waals surface area contributed by atoms with Crippen LogP contribution in [0.15, 0.2) is 28.7 Å². The Balaban J connectivity index is 0.00000264. The molecule has 0 spiro atoms. The zero-order valence-electron chi connectivity index (χ0n) is 13.3. The molecule has 0 unspecified atom stereocenters. The Hall–Kier alpha value is -1.11. The molecule has 2 rings (SSSR count). The molecule has 0 aromatic heterocycles. The first kappa shape index (κ1) is 19.9. The van der Waals surface area contributed by atoms with Crippen LogP contribution in [-0.2, 0) is 9.59 Å².